The van der Waals surface area contributed by atoms with Gasteiger partial charge in [0.05, 0.1) is 11.8 Å². The molecule has 18 heavy (non-hydrogen) atoms. The Hall–Kier alpha value is -2.05. The molecule has 2 aromatic rings. The summed E-state index contributed by atoms with van der Waals surface area (Å²) in [5.41, 5.74) is 7.58. The van der Waals surface area contributed by atoms with Crippen LogP contribution in [0.4, 0.5) is 5.82 Å². The molecule has 94 valence electrons. The first kappa shape index (κ1) is 11.1. The summed E-state index contributed by atoms with van der Waals surface area (Å²) in [5, 5.41) is 23.4. The van der Waals surface area contributed by atoms with E-state index in [1.165, 1.54) is 0 Å². The van der Waals surface area contributed by atoms with Gasteiger partial charge in [-0.15, -0.1) is 0 Å². The maximum Gasteiger partial charge on any atom is 0.146 e. The zero-order valence-electron chi connectivity index (χ0n) is 9.83. The van der Waals surface area contributed by atoms with Crippen LogP contribution in [0.3, 0.4) is 0 Å². The highest BCUT2D eigenvalue weighted by Crippen LogP contribution is 2.28. The largest absolute Gasteiger partial charge is 0.508 e. The van der Waals surface area contributed by atoms with E-state index in [9.17, 15) is 10.2 Å². The first-order valence-corrected chi connectivity index (χ1v) is 5.73. The van der Waals surface area contributed by atoms with E-state index in [1.54, 1.807) is 35.9 Å². The van der Waals surface area contributed by atoms with Gasteiger partial charge >= 0.3 is 0 Å². The van der Waals surface area contributed by atoms with E-state index < -0.39 is 6.10 Å². The van der Waals surface area contributed by atoms with Crippen molar-refractivity contribution in [3.05, 3.63) is 41.6 Å². The standard InChI is InChI=1S/C12H14N4O2/c1-7(17)10-6-11-13-14-12(16(11)15-10)8-3-2-4-9(18)5-8/h2-7,12-14,17-18H,1H3. The molecule has 0 saturated carbocycles. The molecular formula is C12H14N4O2. The molecule has 0 bridgehead atoms. The second-order valence-electron chi connectivity index (χ2n) is 4.34. The van der Waals surface area contributed by atoms with Crippen molar-refractivity contribution < 1.29 is 10.2 Å². The number of fused-ring (bicyclic) bond motifs is 1. The molecule has 2 atom stereocenters. The third kappa shape index (κ3) is 1.71. The van der Waals surface area contributed by atoms with Crippen molar-refractivity contribution in [3.63, 3.8) is 0 Å². The molecule has 0 fully saturated rings. The molecule has 6 heteroatoms. The van der Waals surface area contributed by atoms with Gasteiger partial charge in [0, 0.05) is 6.07 Å². The van der Waals surface area contributed by atoms with Crippen molar-refractivity contribution in [3.8, 4) is 5.75 Å². The fraction of sp³-hybridized carbons (Fsp3) is 0.250. The zero-order valence-corrected chi connectivity index (χ0v) is 9.83. The van der Waals surface area contributed by atoms with Crippen molar-refractivity contribution in [2.45, 2.75) is 19.2 Å². The molecule has 0 radical (unpaired) electrons. The fourth-order valence-corrected chi connectivity index (χ4v) is 2.03. The molecule has 2 heterocycles. The lowest BCUT2D eigenvalue weighted by Crippen LogP contribution is -2.23. The zero-order chi connectivity index (χ0) is 12.7. The third-order valence-corrected chi connectivity index (χ3v) is 2.95. The summed E-state index contributed by atoms with van der Waals surface area (Å²) < 4.78 is 1.75. The van der Waals surface area contributed by atoms with Gasteiger partial charge in [0.15, 0.2) is 0 Å². The highest BCUT2D eigenvalue weighted by molar-refractivity contribution is 5.43. The molecule has 0 saturated heterocycles. The van der Waals surface area contributed by atoms with Gasteiger partial charge in [0.2, 0.25) is 0 Å². The van der Waals surface area contributed by atoms with Crippen molar-refractivity contribution in [1.29, 1.82) is 0 Å². The highest BCUT2D eigenvalue weighted by atomic mass is 16.3. The molecule has 1 aliphatic heterocycles. The molecule has 1 aliphatic rings. The number of hydrogen-bond acceptors (Lipinski definition) is 5. The van der Waals surface area contributed by atoms with Crippen LogP contribution < -0.4 is 10.9 Å². The number of aromatic hydroxyl groups is 1. The average molecular weight is 246 g/mol. The minimum atomic E-state index is -0.602. The smallest absolute Gasteiger partial charge is 0.146 e. The van der Waals surface area contributed by atoms with Crippen LogP contribution in [0, 0.1) is 0 Å². The predicted molar refractivity (Wildman–Crippen MR) is 65.9 cm³/mol. The van der Waals surface area contributed by atoms with Crippen molar-refractivity contribution >= 4 is 5.82 Å². The number of phenols is 1. The normalized spacial score (nSPS) is 19.3. The summed E-state index contributed by atoms with van der Waals surface area (Å²) in [5.74, 6) is 1.00. The highest BCUT2D eigenvalue weighted by Gasteiger charge is 2.25. The van der Waals surface area contributed by atoms with Gasteiger partial charge in [0.25, 0.3) is 0 Å². The second-order valence-corrected chi connectivity index (χ2v) is 4.34. The molecule has 1 aromatic heterocycles. The predicted octanol–water partition coefficient (Wildman–Crippen LogP) is 1.12. The van der Waals surface area contributed by atoms with E-state index in [0.29, 0.717) is 5.69 Å². The van der Waals surface area contributed by atoms with Gasteiger partial charge in [-0.3, -0.25) is 0 Å². The Morgan fingerprint density at radius 1 is 1.39 bits per heavy atom. The molecule has 0 aliphatic carbocycles. The molecule has 2 unspecified atom stereocenters. The number of benzene rings is 1. The Kier molecular flexibility index (Phi) is 2.46. The minimum absolute atomic E-state index is 0.195. The SMILES string of the molecule is CC(O)c1cc2n(n1)C(c1cccc(O)c1)NN2. The lowest BCUT2D eigenvalue weighted by Gasteiger charge is -2.12. The van der Waals surface area contributed by atoms with Crippen LogP contribution in [0.15, 0.2) is 30.3 Å². The molecule has 1 aromatic carbocycles. The van der Waals surface area contributed by atoms with Crippen LogP contribution in [0.1, 0.15) is 30.5 Å². The number of aliphatic hydroxyl groups excluding tert-OH is 1. The Morgan fingerprint density at radius 2 is 2.22 bits per heavy atom. The number of phenolic OH excluding ortho intramolecular Hbond substituents is 1. The monoisotopic (exact) mass is 246 g/mol. The first-order chi connectivity index (χ1) is 8.65. The Balaban J connectivity index is 1.99. The summed E-state index contributed by atoms with van der Waals surface area (Å²) >= 11 is 0. The summed E-state index contributed by atoms with van der Waals surface area (Å²) in [7, 11) is 0. The van der Waals surface area contributed by atoms with E-state index in [1.807, 2.05) is 6.07 Å². The topological polar surface area (TPSA) is 82.3 Å². The molecule has 3 rings (SSSR count). The number of anilines is 1. The lowest BCUT2D eigenvalue weighted by molar-refractivity contribution is 0.192. The molecule has 0 spiro atoms. The van der Waals surface area contributed by atoms with Crippen LogP contribution in [-0.4, -0.2) is 20.0 Å². The minimum Gasteiger partial charge on any atom is -0.508 e. The molecule has 0 amide bonds. The van der Waals surface area contributed by atoms with Crippen LogP contribution in [0.25, 0.3) is 0 Å². The van der Waals surface area contributed by atoms with Crippen LogP contribution >= 0.6 is 0 Å². The second kappa shape index (κ2) is 4.01. The Morgan fingerprint density at radius 3 is 2.94 bits per heavy atom. The van der Waals surface area contributed by atoms with E-state index in [2.05, 4.69) is 16.0 Å². The maximum atomic E-state index is 9.52. The summed E-state index contributed by atoms with van der Waals surface area (Å²) in [4.78, 5) is 0. The number of aromatic nitrogens is 2. The third-order valence-electron chi connectivity index (χ3n) is 2.95. The fourth-order valence-electron chi connectivity index (χ4n) is 2.03. The van der Waals surface area contributed by atoms with Crippen molar-refractivity contribution in [1.82, 2.24) is 15.2 Å². The summed E-state index contributed by atoms with van der Waals surface area (Å²) in [6.07, 6.45) is -0.797. The number of hydrazine groups is 1. The van der Waals surface area contributed by atoms with Gasteiger partial charge in [-0.25, -0.2) is 10.1 Å². The summed E-state index contributed by atoms with van der Waals surface area (Å²) in [6, 6.07) is 8.77. The number of aliphatic hydroxyl groups is 1. The van der Waals surface area contributed by atoms with Gasteiger partial charge < -0.3 is 15.6 Å². The lowest BCUT2D eigenvalue weighted by atomic mass is 10.2. The van der Waals surface area contributed by atoms with Gasteiger partial charge in [-0.1, -0.05) is 12.1 Å². The van der Waals surface area contributed by atoms with E-state index in [-0.39, 0.29) is 11.9 Å². The molecule has 6 nitrogen and oxygen atoms in total. The van der Waals surface area contributed by atoms with Gasteiger partial charge in [-0.2, -0.15) is 5.10 Å². The Labute approximate surface area is 104 Å². The van der Waals surface area contributed by atoms with E-state index in [0.717, 1.165) is 11.4 Å². The maximum absolute atomic E-state index is 9.52. The van der Waals surface area contributed by atoms with Crippen LogP contribution in [-0.2, 0) is 0 Å². The summed E-state index contributed by atoms with van der Waals surface area (Å²) in [6.45, 7) is 1.68. The van der Waals surface area contributed by atoms with Crippen LogP contribution in [0.5, 0.6) is 5.75 Å². The average Bonchev–Trinajstić information content (AvgIpc) is 2.87. The quantitative estimate of drug-likeness (QED) is 0.638. The van der Waals surface area contributed by atoms with Crippen molar-refractivity contribution in [2.24, 2.45) is 0 Å². The number of nitrogens with zero attached hydrogens (tertiary/aromatic N) is 2. The first-order valence-electron chi connectivity index (χ1n) is 5.73. The molecular weight excluding hydrogens is 232 g/mol. The molecule has 4 N–H and O–H groups in total. The van der Waals surface area contributed by atoms with Crippen LogP contribution in [0.2, 0.25) is 0 Å². The van der Waals surface area contributed by atoms with E-state index in [4.69, 9.17) is 0 Å². The number of rotatable bonds is 2. The van der Waals surface area contributed by atoms with E-state index >= 15 is 0 Å². The Bertz CT molecular complexity index is 579. The number of nitrogens with one attached hydrogen (secondary N) is 2. The number of hydrogen-bond donors (Lipinski definition) is 4. The van der Waals surface area contributed by atoms with Crippen molar-refractivity contribution in [2.75, 3.05) is 5.43 Å². The van der Waals surface area contributed by atoms with Gasteiger partial charge in [0.1, 0.15) is 17.7 Å². The van der Waals surface area contributed by atoms with Gasteiger partial charge in [-0.05, 0) is 24.6 Å².